The third-order valence-electron chi connectivity index (χ3n) is 5.24. The van der Waals surface area contributed by atoms with E-state index < -0.39 is 0 Å². The summed E-state index contributed by atoms with van der Waals surface area (Å²) in [6, 6.07) is 11.6. The number of fused-ring (bicyclic) bond motifs is 2. The van der Waals surface area contributed by atoms with Gasteiger partial charge in [0.1, 0.15) is 5.75 Å². The van der Waals surface area contributed by atoms with Crippen LogP contribution in [0.5, 0.6) is 17.2 Å². The highest BCUT2D eigenvalue weighted by molar-refractivity contribution is 6.01. The Morgan fingerprint density at radius 2 is 1.85 bits per heavy atom. The smallest absolute Gasteiger partial charge is 0.174 e. The van der Waals surface area contributed by atoms with Crippen LogP contribution in [0.3, 0.4) is 0 Å². The molecule has 0 amide bonds. The summed E-state index contributed by atoms with van der Waals surface area (Å²) in [5.41, 5.74) is 3.22. The first-order valence-corrected chi connectivity index (χ1v) is 8.91. The molecule has 0 spiro atoms. The lowest BCUT2D eigenvalue weighted by atomic mass is 9.93. The Balaban J connectivity index is 1.49. The number of nitrogens with zero attached hydrogens (tertiary/aromatic N) is 1. The van der Waals surface area contributed by atoms with Gasteiger partial charge in [-0.05, 0) is 41.8 Å². The van der Waals surface area contributed by atoms with Gasteiger partial charge < -0.3 is 14.2 Å². The highest BCUT2D eigenvalue weighted by Gasteiger charge is 2.31. The maximum absolute atomic E-state index is 12.8. The molecule has 2 aromatic rings. The number of para-hydroxylation sites is 1. The van der Waals surface area contributed by atoms with Gasteiger partial charge in [0.05, 0.1) is 32.3 Å². The molecule has 5 heteroatoms. The lowest BCUT2D eigenvalue weighted by Crippen LogP contribution is -2.41. The standard InChI is InChI=1S/C21H23NO4/c1-24-19-9-14-7-8-22(11-15(14)10-20(19)25-2)12-16-13-26-18-6-4-3-5-17(18)21(16)23/h3-6,9-10,16H,7-8,11-13H2,1-2H3/t16-/m1/s1. The Hall–Kier alpha value is -2.53. The SMILES string of the molecule is COc1cc2c(cc1OC)CN(C[C@@H]1COc3ccccc3C1=O)CC2. The highest BCUT2D eigenvalue weighted by atomic mass is 16.5. The second-order valence-electron chi connectivity index (χ2n) is 6.83. The van der Waals surface area contributed by atoms with E-state index in [2.05, 4.69) is 17.0 Å². The molecule has 2 aliphatic rings. The summed E-state index contributed by atoms with van der Waals surface area (Å²) in [7, 11) is 3.31. The molecule has 0 bridgehead atoms. The van der Waals surface area contributed by atoms with Gasteiger partial charge in [-0.3, -0.25) is 9.69 Å². The Morgan fingerprint density at radius 1 is 1.12 bits per heavy atom. The van der Waals surface area contributed by atoms with Gasteiger partial charge in [-0.25, -0.2) is 0 Å². The van der Waals surface area contributed by atoms with Crippen molar-refractivity contribution in [1.82, 2.24) is 4.90 Å². The molecule has 0 aliphatic carbocycles. The van der Waals surface area contributed by atoms with E-state index in [1.807, 2.05) is 24.3 Å². The second-order valence-corrected chi connectivity index (χ2v) is 6.83. The van der Waals surface area contributed by atoms with Crippen LogP contribution in [0.15, 0.2) is 36.4 Å². The van der Waals surface area contributed by atoms with Gasteiger partial charge in [0, 0.05) is 19.6 Å². The van der Waals surface area contributed by atoms with Crippen LogP contribution in [0, 0.1) is 5.92 Å². The van der Waals surface area contributed by atoms with E-state index in [1.165, 1.54) is 11.1 Å². The molecule has 0 fully saturated rings. The molecule has 2 aromatic carbocycles. The monoisotopic (exact) mass is 353 g/mol. The van der Waals surface area contributed by atoms with Crippen LogP contribution in [0.25, 0.3) is 0 Å². The van der Waals surface area contributed by atoms with Crippen molar-refractivity contribution in [2.24, 2.45) is 5.92 Å². The number of carbonyl (C=O) groups is 1. The first kappa shape index (κ1) is 16.9. The molecule has 0 aromatic heterocycles. The van der Waals surface area contributed by atoms with Crippen LogP contribution >= 0.6 is 0 Å². The average Bonchev–Trinajstić information content (AvgIpc) is 2.69. The minimum Gasteiger partial charge on any atom is -0.493 e. The highest BCUT2D eigenvalue weighted by Crippen LogP contribution is 2.34. The largest absolute Gasteiger partial charge is 0.493 e. The third kappa shape index (κ3) is 3.03. The molecule has 0 unspecified atom stereocenters. The molecule has 5 nitrogen and oxygen atoms in total. The Labute approximate surface area is 153 Å². The number of ether oxygens (including phenoxy) is 3. The third-order valence-corrected chi connectivity index (χ3v) is 5.24. The van der Waals surface area contributed by atoms with Crippen LogP contribution in [0.2, 0.25) is 0 Å². The first-order valence-electron chi connectivity index (χ1n) is 8.91. The van der Waals surface area contributed by atoms with E-state index in [0.29, 0.717) is 24.5 Å². The van der Waals surface area contributed by atoms with Crippen molar-refractivity contribution < 1.29 is 19.0 Å². The van der Waals surface area contributed by atoms with Crippen molar-refractivity contribution in [2.75, 3.05) is 33.9 Å². The minimum absolute atomic E-state index is 0.119. The topological polar surface area (TPSA) is 48.0 Å². The molecule has 2 aliphatic heterocycles. The lowest BCUT2D eigenvalue weighted by Gasteiger charge is -2.33. The van der Waals surface area contributed by atoms with Crippen LogP contribution < -0.4 is 14.2 Å². The number of rotatable bonds is 4. The van der Waals surface area contributed by atoms with Crippen molar-refractivity contribution in [3.63, 3.8) is 0 Å². The van der Waals surface area contributed by atoms with E-state index in [-0.39, 0.29) is 11.7 Å². The summed E-state index contributed by atoms with van der Waals surface area (Å²) in [4.78, 5) is 15.1. The number of hydrogen-bond acceptors (Lipinski definition) is 5. The molecule has 0 N–H and O–H groups in total. The van der Waals surface area contributed by atoms with E-state index in [0.717, 1.165) is 31.0 Å². The molecule has 2 heterocycles. The predicted octanol–water partition coefficient (Wildman–Crippen LogP) is 2.95. The maximum Gasteiger partial charge on any atom is 0.174 e. The molecule has 0 saturated carbocycles. The van der Waals surface area contributed by atoms with Crippen molar-refractivity contribution in [3.05, 3.63) is 53.1 Å². The van der Waals surface area contributed by atoms with Crippen LogP contribution in [0.1, 0.15) is 21.5 Å². The lowest BCUT2D eigenvalue weighted by molar-refractivity contribution is 0.0757. The van der Waals surface area contributed by atoms with Crippen molar-refractivity contribution in [2.45, 2.75) is 13.0 Å². The molecule has 26 heavy (non-hydrogen) atoms. The summed E-state index contributed by atoms with van der Waals surface area (Å²) < 4.78 is 16.6. The molecule has 136 valence electrons. The van der Waals surface area contributed by atoms with Crippen LogP contribution in [-0.4, -0.2) is 44.6 Å². The van der Waals surface area contributed by atoms with Crippen molar-refractivity contribution >= 4 is 5.78 Å². The normalized spacial score (nSPS) is 19.3. The maximum atomic E-state index is 12.8. The second kappa shape index (κ2) is 7.00. The number of hydrogen-bond donors (Lipinski definition) is 0. The molecular formula is C21H23NO4. The van der Waals surface area contributed by atoms with E-state index >= 15 is 0 Å². The van der Waals surface area contributed by atoms with Crippen molar-refractivity contribution in [3.8, 4) is 17.2 Å². The molecule has 1 atom stereocenters. The Bertz CT molecular complexity index is 833. The fourth-order valence-corrected chi connectivity index (χ4v) is 3.83. The first-order chi connectivity index (χ1) is 12.7. The van der Waals surface area contributed by atoms with Gasteiger partial charge in [0.15, 0.2) is 17.3 Å². The summed E-state index contributed by atoms with van der Waals surface area (Å²) in [6.45, 7) is 2.89. The summed E-state index contributed by atoms with van der Waals surface area (Å²) in [6.07, 6.45) is 0.939. The van der Waals surface area contributed by atoms with Crippen LogP contribution in [-0.2, 0) is 13.0 Å². The number of methoxy groups -OCH3 is 2. The number of Topliss-reactive ketones (excluding diaryl/α,β-unsaturated/α-hetero) is 1. The van der Waals surface area contributed by atoms with Gasteiger partial charge in [-0.1, -0.05) is 12.1 Å². The van der Waals surface area contributed by atoms with Gasteiger partial charge in [0.2, 0.25) is 0 Å². The zero-order valence-electron chi connectivity index (χ0n) is 15.2. The fourth-order valence-electron chi connectivity index (χ4n) is 3.83. The summed E-state index contributed by atoms with van der Waals surface area (Å²) in [5, 5.41) is 0. The molecule has 0 saturated heterocycles. The predicted molar refractivity (Wildman–Crippen MR) is 98.3 cm³/mol. The number of ketones is 1. The summed E-state index contributed by atoms with van der Waals surface area (Å²) in [5.74, 6) is 2.29. The van der Waals surface area contributed by atoms with E-state index in [1.54, 1.807) is 14.2 Å². The van der Waals surface area contributed by atoms with Crippen molar-refractivity contribution in [1.29, 1.82) is 0 Å². The Morgan fingerprint density at radius 3 is 2.62 bits per heavy atom. The van der Waals surface area contributed by atoms with Gasteiger partial charge in [-0.15, -0.1) is 0 Å². The van der Waals surface area contributed by atoms with Gasteiger partial charge in [-0.2, -0.15) is 0 Å². The van der Waals surface area contributed by atoms with E-state index in [4.69, 9.17) is 14.2 Å². The average molecular weight is 353 g/mol. The summed E-state index contributed by atoms with van der Waals surface area (Å²) >= 11 is 0. The number of benzene rings is 2. The quantitative estimate of drug-likeness (QED) is 0.846. The van der Waals surface area contributed by atoms with Gasteiger partial charge in [0.25, 0.3) is 0 Å². The van der Waals surface area contributed by atoms with E-state index in [9.17, 15) is 4.79 Å². The molecule has 4 rings (SSSR count). The number of carbonyl (C=O) groups excluding carboxylic acids is 1. The molecular weight excluding hydrogens is 330 g/mol. The fraction of sp³-hybridized carbons (Fsp3) is 0.381. The van der Waals surface area contributed by atoms with Crippen LogP contribution in [0.4, 0.5) is 0 Å². The zero-order chi connectivity index (χ0) is 18.1. The Kier molecular flexibility index (Phi) is 4.55. The minimum atomic E-state index is -0.119. The zero-order valence-corrected chi connectivity index (χ0v) is 15.2. The van der Waals surface area contributed by atoms with Gasteiger partial charge >= 0.3 is 0 Å². The molecule has 0 radical (unpaired) electrons.